The molecule has 0 spiro atoms. The van der Waals surface area contributed by atoms with Crippen molar-refractivity contribution in [3.8, 4) is 5.75 Å². The van der Waals surface area contributed by atoms with Crippen LogP contribution in [0.2, 0.25) is 0 Å². The SMILES string of the molecule is CCC(CC)c1ccc(OC(CC(C)(C)C)OC2CCCCC2)cc1. The Morgan fingerprint density at radius 3 is 2.08 bits per heavy atom. The average molecular weight is 347 g/mol. The molecule has 0 aromatic heterocycles. The Labute approximate surface area is 155 Å². The zero-order valence-corrected chi connectivity index (χ0v) is 17.0. The normalized spacial score (nSPS) is 17.7. The Hall–Kier alpha value is -1.02. The minimum Gasteiger partial charge on any atom is -0.465 e. The highest BCUT2D eigenvalue weighted by Crippen LogP contribution is 2.30. The molecule has 2 heteroatoms. The van der Waals surface area contributed by atoms with Crippen molar-refractivity contribution >= 4 is 0 Å². The molecule has 1 aliphatic carbocycles. The molecule has 0 aliphatic heterocycles. The first-order chi connectivity index (χ1) is 11.9. The summed E-state index contributed by atoms with van der Waals surface area (Å²) in [4.78, 5) is 0. The highest BCUT2D eigenvalue weighted by Gasteiger charge is 2.25. The summed E-state index contributed by atoms with van der Waals surface area (Å²) in [6.45, 7) is 11.3. The second-order valence-electron chi connectivity index (χ2n) is 8.79. The van der Waals surface area contributed by atoms with E-state index in [0.29, 0.717) is 12.0 Å². The molecule has 1 aromatic rings. The second-order valence-corrected chi connectivity index (χ2v) is 8.79. The molecule has 1 aliphatic rings. The van der Waals surface area contributed by atoms with Crippen molar-refractivity contribution < 1.29 is 9.47 Å². The zero-order valence-electron chi connectivity index (χ0n) is 17.0. The van der Waals surface area contributed by atoms with E-state index in [1.54, 1.807) is 0 Å². The van der Waals surface area contributed by atoms with Gasteiger partial charge in [0.1, 0.15) is 5.75 Å². The van der Waals surface area contributed by atoms with Crippen molar-refractivity contribution in [3.63, 3.8) is 0 Å². The third-order valence-corrected chi connectivity index (χ3v) is 5.28. The van der Waals surface area contributed by atoms with Gasteiger partial charge >= 0.3 is 0 Å². The predicted molar refractivity (Wildman–Crippen MR) is 106 cm³/mol. The van der Waals surface area contributed by atoms with Gasteiger partial charge in [-0.3, -0.25) is 0 Å². The lowest BCUT2D eigenvalue weighted by molar-refractivity contribution is -0.142. The van der Waals surface area contributed by atoms with Crippen LogP contribution in [-0.4, -0.2) is 12.4 Å². The first-order valence-corrected chi connectivity index (χ1v) is 10.3. The molecule has 1 unspecified atom stereocenters. The highest BCUT2D eigenvalue weighted by molar-refractivity contribution is 5.29. The van der Waals surface area contributed by atoms with Gasteiger partial charge in [-0.25, -0.2) is 0 Å². The van der Waals surface area contributed by atoms with E-state index in [1.807, 2.05) is 0 Å². The Bertz CT molecular complexity index is 476. The van der Waals surface area contributed by atoms with E-state index in [9.17, 15) is 0 Å². The molecule has 1 saturated carbocycles. The van der Waals surface area contributed by atoms with Crippen molar-refractivity contribution in [2.75, 3.05) is 0 Å². The van der Waals surface area contributed by atoms with Crippen molar-refractivity contribution in [1.82, 2.24) is 0 Å². The molecule has 0 heterocycles. The number of rotatable bonds is 8. The van der Waals surface area contributed by atoms with E-state index >= 15 is 0 Å². The Kier molecular flexibility index (Phi) is 7.81. The maximum atomic E-state index is 6.37. The number of ether oxygens (including phenoxy) is 2. The van der Waals surface area contributed by atoms with Crippen molar-refractivity contribution in [2.45, 2.75) is 104 Å². The molecule has 1 atom stereocenters. The summed E-state index contributed by atoms with van der Waals surface area (Å²) in [5, 5.41) is 0. The van der Waals surface area contributed by atoms with Crippen LogP contribution in [0.1, 0.15) is 97.5 Å². The molecule has 25 heavy (non-hydrogen) atoms. The minimum absolute atomic E-state index is 0.151. The van der Waals surface area contributed by atoms with Crippen LogP contribution in [-0.2, 0) is 4.74 Å². The van der Waals surface area contributed by atoms with E-state index < -0.39 is 0 Å². The van der Waals surface area contributed by atoms with Crippen LogP contribution in [0.5, 0.6) is 5.75 Å². The van der Waals surface area contributed by atoms with Gasteiger partial charge in [0, 0.05) is 6.42 Å². The van der Waals surface area contributed by atoms with Gasteiger partial charge in [-0.1, -0.05) is 66.0 Å². The van der Waals surface area contributed by atoms with Gasteiger partial charge in [0.2, 0.25) is 6.29 Å². The summed E-state index contributed by atoms with van der Waals surface area (Å²) in [5.41, 5.74) is 1.60. The maximum Gasteiger partial charge on any atom is 0.200 e. The van der Waals surface area contributed by atoms with Crippen molar-refractivity contribution in [3.05, 3.63) is 29.8 Å². The lowest BCUT2D eigenvalue weighted by atomic mass is 9.91. The molecule has 142 valence electrons. The smallest absolute Gasteiger partial charge is 0.200 e. The Balaban J connectivity index is 2.01. The van der Waals surface area contributed by atoms with Gasteiger partial charge in [-0.2, -0.15) is 0 Å². The van der Waals surface area contributed by atoms with Gasteiger partial charge in [-0.15, -0.1) is 0 Å². The lowest BCUT2D eigenvalue weighted by Gasteiger charge is -2.31. The summed E-state index contributed by atoms with van der Waals surface area (Å²) in [6.07, 6.45) is 9.79. The van der Waals surface area contributed by atoms with E-state index in [-0.39, 0.29) is 11.7 Å². The van der Waals surface area contributed by atoms with Crippen LogP contribution in [0.3, 0.4) is 0 Å². The number of hydrogen-bond acceptors (Lipinski definition) is 2. The zero-order chi connectivity index (χ0) is 18.3. The maximum absolute atomic E-state index is 6.37. The Morgan fingerprint density at radius 2 is 1.56 bits per heavy atom. The second kappa shape index (κ2) is 9.62. The number of hydrogen-bond donors (Lipinski definition) is 0. The van der Waals surface area contributed by atoms with E-state index in [1.165, 1.54) is 50.5 Å². The number of benzene rings is 1. The van der Waals surface area contributed by atoms with Crippen LogP contribution in [0.25, 0.3) is 0 Å². The van der Waals surface area contributed by atoms with Crippen LogP contribution in [0.15, 0.2) is 24.3 Å². The summed E-state index contributed by atoms with van der Waals surface area (Å²) < 4.78 is 12.6. The molecule has 0 N–H and O–H groups in total. The van der Waals surface area contributed by atoms with Crippen LogP contribution in [0.4, 0.5) is 0 Å². The lowest BCUT2D eigenvalue weighted by Crippen LogP contribution is -2.32. The molecule has 0 bridgehead atoms. The molecule has 0 radical (unpaired) electrons. The third-order valence-electron chi connectivity index (χ3n) is 5.28. The predicted octanol–water partition coefficient (Wildman–Crippen LogP) is 7.08. The topological polar surface area (TPSA) is 18.5 Å². The molecule has 0 saturated heterocycles. The fourth-order valence-corrected chi connectivity index (χ4v) is 3.76. The standard InChI is InChI=1S/C23H38O2/c1-6-18(7-2)19-13-15-21(16-14-19)25-22(17-23(3,4)5)24-20-11-9-8-10-12-20/h13-16,18,20,22H,6-12,17H2,1-5H3. The van der Waals surface area contributed by atoms with Gasteiger partial charge in [0.25, 0.3) is 0 Å². The van der Waals surface area contributed by atoms with Gasteiger partial charge in [0.15, 0.2) is 0 Å². The van der Waals surface area contributed by atoms with Crippen LogP contribution >= 0.6 is 0 Å². The fourth-order valence-electron chi connectivity index (χ4n) is 3.76. The highest BCUT2D eigenvalue weighted by atomic mass is 16.7. The Morgan fingerprint density at radius 1 is 0.960 bits per heavy atom. The van der Waals surface area contributed by atoms with Crippen molar-refractivity contribution in [1.29, 1.82) is 0 Å². The monoisotopic (exact) mass is 346 g/mol. The summed E-state index contributed by atoms with van der Waals surface area (Å²) >= 11 is 0. The van der Waals surface area contributed by atoms with Crippen LogP contribution in [0, 0.1) is 5.41 Å². The molecular weight excluding hydrogens is 308 g/mol. The van der Waals surface area contributed by atoms with Crippen LogP contribution < -0.4 is 4.74 Å². The first kappa shape index (κ1) is 20.3. The average Bonchev–Trinajstić information content (AvgIpc) is 2.57. The molecule has 2 rings (SSSR count). The van der Waals surface area contributed by atoms with E-state index in [4.69, 9.17) is 9.47 Å². The molecular formula is C23H38O2. The van der Waals surface area contributed by atoms with Gasteiger partial charge in [-0.05, 0) is 54.7 Å². The summed E-state index contributed by atoms with van der Waals surface area (Å²) in [6, 6.07) is 8.69. The van der Waals surface area contributed by atoms with Crippen molar-refractivity contribution in [2.24, 2.45) is 5.41 Å². The largest absolute Gasteiger partial charge is 0.465 e. The van der Waals surface area contributed by atoms with E-state index in [0.717, 1.165) is 12.2 Å². The van der Waals surface area contributed by atoms with Gasteiger partial charge in [0.05, 0.1) is 6.10 Å². The van der Waals surface area contributed by atoms with E-state index in [2.05, 4.69) is 58.9 Å². The summed E-state index contributed by atoms with van der Waals surface area (Å²) in [7, 11) is 0. The molecule has 0 amide bonds. The third kappa shape index (κ3) is 7.01. The molecule has 1 aromatic carbocycles. The quantitative estimate of drug-likeness (QED) is 0.468. The minimum atomic E-state index is -0.151. The molecule has 2 nitrogen and oxygen atoms in total. The van der Waals surface area contributed by atoms with Gasteiger partial charge < -0.3 is 9.47 Å². The first-order valence-electron chi connectivity index (χ1n) is 10.3. The molecule has 1 fully saturated rings. The summed E-state index contributed by atoms with van der Waals surface area (Å²) in [5.74, 6) is 1.58. The fraction of sp³-hybridized carbons (Fsp3) is 0.739.